The molecule has 1 fully saturated rings. The van der Waals surface area contributed by atoms with Gasteiger partial charge in [0.25, 0.3) is 0 Å². The monoisotopic (exact) mass is 213 g/mol. The lowest BCUT2D eigenvalue weighted by molar-refractivity contribution is -0.147. The summed E-state index contributed by atoms with van der Waals surface area (Å²) >= 11 is 0. The molecule has 2 unspecified atom stereocenters. The highest BCUT2D eigenvalue weighted by Crippen LogP contribution is 2.21. The van der Waals surface area contributed by atoms with Crippen LogP contribution in [0.2, 0.25) is 0 Å². The van der Waals surface area contributed by atoms with Gasteiger partial charge in [-0.25, -0.2) is 0 Å². The topological polar surface area (TPSA) is 29.5 Å². The Hall–Kier alpha value is -0.570. The Bertz CT molecular complexity index is 206. The third-order valence-corrected chi connectivity index (χ3v) is 3.20. The van der Waals surface area contributed by atoms with E-state index in [0.29, 0.717) is 0 Å². The number of nitrogens with zero attached hydrogens (tertiary/aromatic N) is 1. The second-order valence-electron chi connectivity index (χ2n) is 4.57. The van der Waals surface area contributed by atoms with E-state index in [1.54, 1.807) is 0 Å². The number of esters is 1. The van der Waals surface area contributed by atoms with Gasteiger partial charge in [0.2, 0.25) is 0 Å². The number of hydrogen-bond donors (Lipinski definition) is 0. The SMILES string of the molecule is CCCCC(C(=O)OC)N1CCC(C)C1. The van der Waals surface area contributed by atoms with Crippen LogP contribution in [0.4, 0.5) is 0 Å². The third-order valence-electron chi connectivity index (χ3n) is 3.20. The minimum atomic E-state index is -0.0578. The molecule has 1 heterocycles. The van der Waals surface area contributed by atoms with Crippen molar-refractivity contribution in [2.45, 2.75) is 45.6 Å². The maximum absolute atomic E-state index is 11.6. The lowest BCUT2D eigenvalue weighted by Gasteiger charge is -2.25. The third kappa shape index (κ3) is 3.49. The average molecular weight is 213 g/mol. The molecule has 1 aliphatic heterocycles. The van der Waals surface area contributed by atoms with Crippen LogP contribution < -0.4 is 0 Å². The maximum atomic E-state index is 11.6. The van der Waals surface area contributed by atoms with Crippen molar-refractivity contribution in [3.05, 3.63) is 0 Å². The number of likely N-dealkylation sites (tertiary alicyclic amines) is 1. The highest BCUT2D eigenvalue weighted by atomic mass is 16.5. The lowest BCUT2D eigenvalue weighted by Crippen LogP contribution is -2.40. The van der Waals surface area contributed by atoms with Crippen LogP contribution in [-0.2, 0) is 9.53 Å². The molecule has 0 spiro atoms. The number of ether oxygens (including phenoxy) is 1. The van der Waals surface area contributed by atoms with Gasteiger partial charge in [0.1, 0.15) is 6.04 Å². The molecule has 0 aliphatic carbocycles. The summed E-state index contributed by atoms with van der Waals surface area (Å²) in [6.07, 6.45) is 4.39. The Kier molecular flexibility index (Phi) is 5.09. The minimum absolute atomic E-state index is 0.0000926. The minimum Gasteiger partial charge on any atom is -0.468 e. The number of carbonyl (C=O) groups excluding carboxylic acids is 1. The van der Waals surface area contributed by atoms with E-state index in [9.17, 15) is 4.79 Å². The number of methoxy groups -OCH3 is 1. The van der Waals surface area contributed by atoms with Crippen LogP contribution in [0.25, 0.3) is 0 Å². The molecular formula is C12H23NO2. The van der Waals surface area contributed by atoms with Crippen molar-refractivity contribution in [3.8, 4) is 0 Å². The van der Waals surface area contributed by atoms with Gasteiger partial charge in [-0.05, 0) is 25.3 Å². The zero-order chi connectivity index (χ0) is 11.3. The van der Waals surface area contributed by atoms with Crippen molar-refractivity contribution in [2.24, 2.45) is 5.92 Å². The van der Waals surface area contributed by atoms with Gasteiger partial charge < -0.3 is 4.74 Å². The molecule has 1 rings (SSSR count). The molecule has 1 saturated heterocycles. The zero-order valence-electron chi connectivity index (χ0n) is 10.2. The Morgan fingerprint density at radius 2 is 2.33 bits per heavy atom. The Morgan fingerprint density at radius 1 is 1.60 bits per heavy atom. The van der Waals surface area contributed by atoms with Crippen molar-refractivity contribution < 1.29 is 9.53 Å². The zero-order valence-corrected chi connectivity index (χ0v) is 10.2. The summed E-state index contributed by atoms with van der Waals surface area (Å²) in [5.41, 5.74) is 0. The molecule has 0 bridgehead atoms. The summed E-state index contributed by atoms with van der Waals surface area (Å²) in [5.74, 6) is 0.663. The fourth-order valence-electron chi connectivity index (χ4n) is 2.24. The predicted molar refractivity (Wildman–Crippen MR) is 60.7 cm³/mol. The van der Waals surface area contributed by atoms with E-state index >= 15 is 0 Å². The molecule has 0 N–H and O–H groups in total. The normalized spacial score (nSPS) is 24.1. The van der Waals surface area contributed by atoms with Crippen LogP contribution in [0.15, 0.2) is 0 Å². The first-order chi connectivity index (χ1) is 7.19. The molecule has 3 heteroatoms. The highest BCUT2D eigenvalue weighted by molar-refractivity contribution is 5.75. The fraction of sp³-hybridized carbons (Fsp3) is 0.917. The number of hydrogen-bond acceptors (Lipinski definition) is 3. The van der Waals surface area contributed by atoms with E-state index in [0.717, 1.165) is 38.3 Å². The molecule has 0 radical (unpaired) electrons. The van der Waals surface area contributed by atoms with Gasteiger partial charge in [-0.2, -0.15) is 0 Å². The molecule has 2 atom stereocenters. The van der Waals surface area contributed by atoms with Crippen molar-refractivity contribution >= 4 is 5.97 Å². The van der Waals surface area contributed by atoms with E-state index < -0.39 is 0 Å². The van der Waals surface area contributed by atoms with Gasteiger partial charge >= 0.3 is 5.97 Å². The lowest BCUT2D eigenvalue weighted by atomic mass is 10.1. The number of carbonyl (C=O) groups is 1. The van der Waals surface area contributed by atoms with E-state index in [2.05, 4.69) is 18.7 Å². The molecule has 0 aromatic carbocycles. The summed E-state index contributed by atoms with van der Waals surface area (Å²) in [4.78, 5) is 13.9. The quantitative estimate of drug-likeness (QED) is 0.655. The predicted octanol–water partition coefficient (Wildman–Crippen LogP) is 2.06. The number of rotatable bonds is 5. The van der Waals surface area contributed by atoms with Gasteiger partial charge in [-0.15, -0.1) is 0 Å². The molecular weight excluding hydrogens is 190 g/mol. The van der Waals surface area contributed by atoms with E-state index in [1.807, 2.05) is 0 Å². The molecule has 3 nitrogen and oxygen atoms in total. The summed E-state index contributed by atoms with van der Waals surface area (Å²) in [7, 11) is 1.49. The van der Waals surface area contributed by atoms with Gasteiger partial charge in [-0.1, -0.05) is 26.7 Å². The second kappa shape index (κ2) is 6.11. The molecule has 1 aliphatic rings. The first kappa shape index (κ1) is 12.5. The molecule has 0 aromatic heterocycles. The van der Waals surface area contributed by atoms with Gasteiger partial charge in [-0.3, -0.25) is 9.69 Å². The van der Waals surface area contributed by atoms with Crippen molar-refractivity contribution in [1.29, 1.82) is 0 Å². The smallest absolute Gasteiger partial charge is 0.323 e. The van der Waals surface area contributed by atoms with Gasteiger partial charge in [0, 0.05) is 6.54 Å². The molecule has 15 heavy (non-hydrogen) atoms. The average Bonchev–Trinajstić information content (AvgIpc) is 2.65. The first-order valence-electron chi connectivity index (χ1n) is 6.01. The highest BCUT2D eigenvalue weighted by Gasteiger charge is 2.30. The largest absolute Gasteiger partial charge is 0.468 e. The van der Waals surface area contributed by atoms with Crippen molar-refractivity contribution in [2.75, 3.05) is 20.2 Å². The molecule has 0 amide bonds. The van der Waals surface area contributed by atoms with E-state index in [1.165, 1.54) is 13.5 Å². The summed E-state index contributed by atoms with van der Waals surface area (Å²) in [5, 5.41) is 0. The van der Waals surface area contributed by atoms with Crippen LogP contribution in [0.1, 0.15) is 39.5 Å². The van der Waals surface area contributed by atoms with Crippen LogP contribution >= 0.6 is 0 Å². The summed E-state index contributed by atoms with van der Waals surface area (Å²) < 4.78 is 4.88. The Labute approximate surface area is 92.8 Å². The van der Waals surface area contributed by atoms with Crippen molar-refractivity contribution in [3.63, 3.8) is 0 Å². The van der Waals surface area contributed by atoms with Crippen LogP contribution in [0, 0.1) is 5.92 Å². The van der Waals surface area contributed by atoms with Crippen LogP contribution in [0.3, 0.4) is 0 Å². The van der Waals surface area contributed by atoms with E-state index in [-0.39, 0.29) is 12.0 Å². The number of unbranched alkanes of at least 4 members (excludes halogenated alkanes) is 1. The van der Waals surface area contributed by atoms with Gasteiger partial charge in [0.15, 0.2) is 0 Å². The van der Waals surface area contributed by atoms with Crippen LogP contribution in [0.5, 0.6) is 0 Å². The van der Waals surface area contributed by atoms with E-state index in [4.69, 9.17) is 4.74 Å². The maximum Gasteiger partial charge on any atom is 0.323 e. The second-order valence-corrected chi connectivity index (χ2v) is 4.57. The molecule has 88 valence electrons. The Balaban J connectivity index is 2.51. The Morgan fingerprint density at radius 3 is 2.80 bits per heavy atom. The van der Waals surface area contributed by atoms with Gasteiger partial charge in [0.05, 0.1) is 7.11 Å². The fourth-order valence-corrected chi connectivity index (χ4v) is 2.24. The van der Waals surface area contributed by atoms with Crippen LogP contribution in [-0.4, -0.2) is 37.1 Å². The first-order valence-corrected chi connectivity index (χ1v) is 6.01. The molecule has 0 saturated carbocycles. The summed E-state index contributed by atoms with van der Waals surface area (Å²) in [6.45, 7) is 6.49. The molecule has 0 aromatic rings. The summed E-state index contributed by atoms with van der Waals surface area (Å²) in [6, 6.07) is -0.0000926. The standard InChI is InChI=1S/C12H23NO2/c1-4-5-6-11(12(14)15-3)13-8-7-10(2)9-13/h10-11H,4-9H2,1-3H3. The van der Waals surface area contributed by atoms with Crippen molar-refractivity contribution in [1.82, 2.24) is 4.90 Å².